The minimum Gasteiger partial charge on any atom is -0.391 e. The molecule has 1 saturated heterocycles. The van der Waals surface area contributed by atoms with Crippen LogP contribution in [0.15, 0.2) is 12.1 Å². The Labute approximate surface area is 101 Å². The molecule has 2 rings (SSSR count). The summed E-state index contributed by atoms with van der Waals surface area (Å²) in [6.45, 7) is 0.0619. The molecule has 0 bridgehead atoms. The Morgan fingerprint density at radius 1 is 1.44 bits per heavy atom. The Morgan fingerprint density at radius 3 is 2.69 bits per heavy atom. The normalized spacial score (nSPS) is 20.6. The lowest BCUT2D eigenvalue weighted by Crippen LogP contribution is -2.26. The molecule has 1 unspecified atom stereocenters. The number of aliphatic hydroxyl groups excluding tert-OH is 1. The van der Waals surface area contributed by atoms with E-state index in [1.807, 2.05) is 0 Å². The van der Waals surface area contributed by atoms with Crippen LogP contribution in [0.3, 0.4) is 0 Å². The van der Waals surface area contributed by atoms with E-state index in [0.717, 1.165) is 4.90 Å². The molecule has 1 aromatic rings. The molecule has 6 heteroatoms. The predicted octanol–water partition coefficient (Wildman–Crippen LogP) is 2.23. The van der Waals surface area contributed by atoms with Crippen LogP contribution in [0.2, 0.25) is 10.0 Å². The highest BCUT2D eigenvalue weighted by Crippen LogP contribution is 2.32. The zero-order chi connectivity index (χ0) is 11.9. The molecule has 1 heterocycles. The van der Waals surface area contributed by atoms with Gasteiger partial charge in [-0.1, -0.05) is 23.2 Å². The number of hydrogen-bond acceptors (Lipinski definition) is 2. The van der Waals surface area contributed by atoms with Gasteiger partial charge in [-0.15, -0.1) is 0 Å². The second-order valence-electron chi connectivity index (χ2n) is 3.58. The number of hydrogen-bond donors (Lipinski definition) is 1. The smallest absolute Gasteiger partial charge is 0.229 e. The van der Waals surface area contributed by atoms with Crippen LogP contribution in [-0.4, -0.2) is 23.7 Å². The maximum Gasteiger partial charge on any atom is 0.229 e. The van der Waals surface area contributed by atoms with Crippen LogP contribution in [0, 0.1) is 5.82 Å². The minimum atomic E-state index is -0.773. The fourth-order valence-electron chi connectivity index (χ4n) is 1.66. The molecule has 1 N–H and O–H groups in total. The van der Waals surface area contributed by atoms with Crippen LogP contribution >= 0.6 is 23.2 Å². The van der Waals surface area contributed by atoms with Crippen molar-refractivity contribution in [2.24, 2.45) is 0 Å². The van der Waals surface area contributed by atoms with Crippen molar-refractivity contribution in [3.63, 3.8) is 0 Å². The number of carbonyl (C=O) groups is 1. The highest BCUT2D eigenvalue weighted by Gasteiger charge is 2.31. The zero-order valence-corrected chi connectivity index (χ0v) is 9.59. The summed E-state index contributed by atoms with van der Waals surface area (Å²) in [4.78, 5) is 12.6. The molecule has 3 nitrogen and oxygen atoms in total. The average Bonchev–Trinajstić information content (AvgIpc) is 2.51. The van der Waals surface area contributed by atoms with Gasteiger partial charge in [0.15, 0.2) is 5.82 Å². The van der Waals surface area contributed by atoms with E-state index in [4.69, 9.17) is 23.2 Å². The first-order valence-corrected chi connectivity index (χ1v) is 5.37. The first kappa shape index (κ1) is 11.6. The Hall–Kier alpha value is -0.840. The standard InChI is InChI=1S/C10H8Cl2FNO2/c11-5-1-7(12)10(13)8(2-5)14-4-6(15)3-9(14)16/h1-2,6,15H,3-4H2. The quantitative estimate of drug-likeness (QED) is 0.790. The van der Waals surface area contributed by atoms with E-state index in [0.29, 0.717) is 0 Å². The van der Waals surface area contributed by atoms with Crippen LogP contribution in [0.5, 0.6) is 0 Å². The van der Waals surface area contributed by atoms with Crippen molar-refractivity contribution in [1.29, 1.82) is 0 Å². The maximum absolute atomic E-state index is 13.7. The highest BCUT2D eigenvalue weighted by atomic mass is 35.5. The molecule has 1 aromatic carbocycles. The van der Waals surface area contributed by atoms with Crippen molar-refractivity contribution in [3.8, 4) is 0 Å². The second-order valence-corrected chi connectivity index (χ2v) is 4.43. The van der Waals surface area contributed by atoms with Gasteiger partial charge in [0.05, 0.1) is 29.8 Å². The minimum absolute atomic E-state index is 0.0103. The van der Waals surface area contributed by atoms with Gasteiger partial charge < -0.3 is 10.0 Å². The number of aliphatic hydroxyl groups is 1. The lowest BCUT2D eigenvalue weighted by Gasteiger charge is -2.17. The van der Waals surface area contributed by atoms with Gasteiger partial charge in [-0.2, -0.15) is 0 Å². The summed E-state index contributed by atoms with van der Waals surface area (Å²) >= 11 is 11.4. The number of β-amino-alcohol motifs (C(OH)–C–C–N with tert-alkyl or cyclic N) is 1. The number of carbonyl (C=O) groups excluding carboxylic acids is 1. The van der Waals surface area contributed by atoms with E-state index in [-0.39, 0.29) is 34.6 Å². The topological polar surface area (TPSA) is 40.5 Å². The van der Waals surface area contributed by atoms with E-state index in [2.05, 4.69) is 0 Å². The van der Waals surface area contributed by atoms with Crippen molar-refractivity contribution in [3.05, 3.63) is 28.0 Å². The van der Waals surface area contributed by atoms with Crippen molar-refractivity contribution in [1.82, 2.24) is 0 Å². The first-order chi connectivity index (χ1) is 7.49. The first-order valence-electron chi connectivity index (χ1n) is 4.62. The molecule has 1 fully saturated rings. The van der Waals surface area contributed by atoms with Crippen LogP contribution < -0.4 is 4.90 Å². The molecular formula is C10H8Cl2FNO2. The second kappa shape index (κ2) is 4.20. The van der Waals surface area contributed by atoms with Crippen molar-refractivity contribution >= 4 is 34.8 Å². The fourth-order valence-corrected chi connectivity index (χ4v) is 2.14. The lowest BCUT2D eigenvalue weighted by molar-refractivity contribution is -0.117. The van der Waals surface area contributed by atoms with E-state index in [1.54, 1.807) is 0 Å². The number of rotatable bonds is 1. The molecule has 0 radical (unpaired) electrons. The molecule has 0 aromatic heterocycles. The molecule has 0 saturated carbocycles. The zero-order valence-electron chi connectivity index (χ0n) is 8.08. The van der Waals surface area contributed by atoms with E-state index >= 15 is 0 Å². The van der Waals surface area contributed by atoms with E-state index in [9.17, 15) is 14.3 Å². The van der Waals surface area contributed by atoms with E-state index < -0.39 is 11.9 Å². The predicted molar refractivity (Wildman–Crippen MR) is 59.4 cm³/mol. The van der Waals surface area contributed by atoms with Crippen LogP contribution in [-0.2, 0) is 4.79 Å². The molecule has 0 spiro atoms. The largest absolute Gasteiger partial charge is 0.391 e. The summed E-state index contributed by atoms with van der Waals surface area (Å²) in [5.74, 6) is -1.04. The van der Waals surface area contributed by atoms with Gasteiger partial charge >= 0.3 is 0 Å². The molecule has 0 aliphatic carbocycles. The number of halogens is 3. The summed E-state index contributed by atoms with van der Waals surface area (Å²) < 4.78 is 13.7. The van der Waals surface area contributed by atoms with Gasteiger partial charge in [0.25, 0.3) is 0 Å². The Balaban J connectivity index is 2.44. The molecule has 1 aliphatic heterocycles. The Morgan fingerprint density at radius 2 is 2.12 bits per heavy atom. The maximum atomic E-state index is 13.7. The number of nitrogens with zero attached hydrogens (tertiary/aromatic N) is 1. The SMILES string of the molecule is O=C1CC(O)CN1c1cc(Cl)cc(Cl)c1F. The molecule has 86 valence electrons. The van der Waals surface area contributed by atoms with Gasteiger partial charge in [0.2, 0.25) is 5.91 Å². The molecule has 16 heavy (non-hydrogen) atoms. The number of amides is 1. The van der Waals surface area contributed by atoms with Crippen molar-refractivity contribution < 1.29 is 14.3 Å². The van der Waals surface area contributed by atoms with Crippen LogP contribution in [0.25, 0.3) is 0 Å². The third kappa shape index (κ3) is 2.00. The molecular weight excluding hydrogens is 256 g/mol. The average molecular weight is 264 g/mol. The lowest BCUT2D eigenvalue weighted by atomic mass is 10.3. The fraction of sp³-hybridized carbons (Fsp3) is 0.300. The van der Waals surface area contributed by atoms with Gasteiger partial charge in [-0.3, -0.25) is 4.79 Å². The molecule has 1 amide bonds. The third-order valence-electron chi connectivity index (χ3n) is 2.37. The number of anilines is 1. The van der Waals surface area contributed by atoms with Crippen molar-refractivity contribution in [2.75, 3.05) is 11.4 Å². The Kier molecular flexibility index (Phi) is 3.06. The van der Waals surface area contributed by atoms with Crippen LogP contribution in [0.4, 0.5) is 10.1 Å². The van der Waals surface area contributed by atoms with Crippen molar-refractivity contribution in [2.45, 2.75) is 12.5 Å². The monoisotopic (exact) mass is 263 g/mol. The molecule has 1 atom stereocenters. The van der Waals surface area contributed by atoms with Crippen LogP contribution in [0.1, 0.15) is 6.42 Å². The summed E-state index contributed by atoms with van der Waals surface area (Å²) in [6.07, 6.45) is -0.784. The van der Waals surface area contributed by atoms with Gasteiger partial charge in [-0.05, 0) is 12.1 Å². The van der Waals surface area contributed by atoms with E-state index in [1.165, 1.54) is 12.1 Å². The highest BCUT2D eigenvalue weighted by molar-refractivity contribution is 6.35. The third-order valence-corrected chi connectivity index (χ3v) is 2.86. The van der Waals surface area contributed by atoms with Gasteiger partial charge in [0, 0.05) is 5.02 Å². The molecule has 1 aliphatic rings. The number of benzene rings is 1. The Bertz CT molecular complexity index is 453. The summed E-state index contributed by atoms with van der Waals surface area (Å²) in [5.41, 5.74) is 0.0130. The summed E-state index contributed by atoms with van der Waals surface area (Å²) in [5, 5.41) is 9.41. The van der Waals surface area contributed by atoms with Gasteiger partial charge in [-0.25, -0.2) is 4.39 Å². The summed E-state index contributed by atoms with van der Waals surface area (Å²) in [7, 11) is 0. The summed E-state index contributed by atoms with van der Waals surface area (Å²) in [6, 6.07) is 2.58. The van der Waals surface area contributed by atoms with Gasteiger partial charge in [0.1, 0.15) is 0 Å².